The van der Waals surface area contributed by atoms with E-state index >= 15 is 0 Å². The zero-order valence-electron chi connectivity index (χ0n) is 11.1. The molecule has 1 N–H and O–H groups in total. The molecule has 0 aromatic heterocycles. The van der Waals surface area contributed by atoms with Crippen LogP contribution in [0.4, 0.5) is 5.69 Å². The monoisotopic (exact) mass is 293 g/mol. The van der Waals surface area contributed by atoms with Crippen LogP contribution in [-0.2, 0) is 9.59 Å². The summed E-state index contributed by atoms with van der Waals surface area (Å²) in [6.07, 6.45) is 0.425. The Morgan fingerprint density at radius 3 is 2.80 bits per heavy atom. The van der Waals surface area contributed by atoms with Gasteiger partial charge in [-0.3, -0.25) is 14.4 Å². The standard InChI is InChI=1S/C14H15NO4S/c1-9(16)10-4-5-12-11(7-10)15(13(17)8-20-12)6-2-3-14(18)19/h4-5,7H,2-3,6,8H2,1H3,(H,18,19). The van der Waals surface area contributed by atoms with E-state index in [9.17, 15) is 14.4 Å². The van der Waals surface area contributed by atoms with Crippen LogP contribution in [0, 0.1) is 0 Å². The van der Waals surface area contributed by atoms with Crippen LogP contribution >= 0.6 is 11.8 Å². The number of amides is 1. The number of anilines is 1. The van der Waals surface area contributed by atoms with Crippen molar-refractivity contribution < 1.29 is 19.5 Å². The van der Waals surface area contributed by atoms with Crippen molar-refractivity contribution in [3.05, 3.63) is 23.8 Å². The number of carbonyl (C=O) groups is 3. The van der Waals surface area contributed by atoms with E-state index in [1.165, 1.54) is 18.7 Å². The van der Waals surface area contributed by atoms with Crippen molar-refractivity contribution in [1.29, 1.82) is 0 Å². The number of rotatable bonds is 5. The zero-order valence-corrected chi connectivity index (χ0v) is 11.9. The van der Waals surface area contributed by atoms with Crippen LogP contribution < -0.4 is 4.90 Å². The van der Waals surface area contributed by atoms with Crippen LogP contribution in [0.5, 0.6) is 0 Å². The van der Waals surface area contributed by atoms with Gasteiger partial charge in [-0.2, -0.15) is 0 Å². The second-order valence-corrected chi connectivity index (χ2v) is 5.59. The average molecular weight is 293 g/mol. The Morgan fingerprint density at radius 2 is 2.15 bits per heavy atom. The fourth-order valence-corrected chi connectivity index (χ4v) is 2.97. The summed E-state index contributed by atoms with van der Waals surface area (Å²) in [5.74, 6) is -0.629. The van der Waals surface area contributed by atoms with E-state index in [1.54, 1.807) is 17.0 Å². The van der Waals surface area contributed by atoms with Crippen LogP contribution in [-0.4, -0.2) is 35.1 Å². The highest BCUT2D eigenvalue weighted by molar-refractivity contribution is 8.00. The maximum absolute atomic E-state index is 12.0. The molecular weight excluding hydrogens is 278 g/mol. The first-order valence-corrected chi connectivity index (χ1v) is 7.27. The fraction of sp³-hybridized carbons (Fsp3) is 0.357. The van der Waals surface area contributed by atoms with Gasteiger partial charge in [-0.25, -0.2) is 0 Å². The van der Waals surface area contributed by atoms with Gasteiger partial charge < -0.3 is 10.0 Å². The molecule has 1 aliphatic heterocycles. The topological polar surface area (TPSA) is 74.7 Å². The van der Waals surface area contributed by atoms with E-state index < -0.39 is 5.97 Å². The minimum absolute atomic E-state index is 0.0264. The number of thioether (sulfide) groups is 1. The third-order valence-electron chi connectivity index (χ3n) is 3.08. The number of aliphatic carboxylic acids is 1. The molecule has 0 aliphatic carbocycles. The van der Waals surface area contributed by atoms with Crippen molar-refractivity contribution in [3.8, 4) is 0 Å². The molecule has 2 rings (SSSR count). The molecular formula is C14H15NO4S. The van der Waals surface area contributed by atoms with Crippen molar-refractivity contribution in [2.24, 2.45) is 0 Å². The Morgan fingerprint density at radius 1 is 1.40 bits per heavy atom. The molecule has 1 aromatic rings. The highest BCUT2D eigenvalue weighted by atomic mass is 32.2. The molecule has 106 valence electrons. The molecule has 1 aromatic carbocycles. The predicted octanol–water partition coefficient (Wildman–Crippen LogP) is 2.19. The van der Waals surface area contributed by atoms with E-state index in [1.807, 2.05) is 6.07 Å². The van der Waals surface area contributed by atoms with Gasteiger partial charge in [0.15, 0.2) is 5.78 Å². The summed E-state index contributed by atoms with van der Waals surface area (Å²) < 4.78 is 0. The second kappa shape index (κ2) is 6.09. The van der Waals surface area contributed by atoms with Crippen LogP contribution in [0.1, 0.15) is 30.1 Å². The van der Waals surface area contributed by atoms with Gasteiger partial charge in [0.2, 0.25) is 5.91 Å². The first-order valence-electron chi connectivity index (χ1n) is 6.29. The van der Waals surface area contributed by atoms with Crippen LogP contribution in [0.2, 0.25) is 0 Å². The molecule has 20 heavy (non-hydrogen) atoms. The van der Waals surface area contributed by atoms with Crippen molar-refractivity contribution in [3.63, 3.8) is 0 Å². The van der Waals surface area contributed by atoms with E-state index in [0.717, 1.165) is 4.90 Å². The SMILES string of the molecule is CC(=O)c1ccc2c(c1)N(CCCC(=O)O)C(=O)CS2. The number of carboxylic acid groups (broad SMARTS) is 1. The normalized spacial score (nSPS) is 14.1. The molecule has 1 heterocycles. The molecule has 5 nitrogen and oxygen atoms in total. The fourth-order valence-electron chi connectivity index (χ4n) is 2.05. The Kier molecular flexibility index (Phi) is 4.44. The minimum atomic E-state index is -0.874. The summed E-state index contributed by atoms with van der Waals surface area (Å²) >= 11 is 1.44. The maximum Gasteiger partial charge on any atom is 0.303 e. The second-order valence-electron chi connectivity index (χ2n) is 4.57. The predicted molar refractivity (Wildman–Crippen MR) is 76.4 cm³/mol. The van der Waals surface area contributed by atoms with Crippen LogP contribution in [0.3, 0.4) is 0 Å². The third-order valence-corrected chi connectivity index (χ3v) is 4.13. The lowest BCUT2D eigenvalue weighted by Gasteiger charge is -2.29. The minimum Gasteiger partial charge on any atom is -0.481 e. The van der Waals surface area contributed by atoms with Gasteiger partial charge in [-0.15, -0.1) is 11.8 Å². The Hall–Kier alpha value is -1.82. The van der Waals surface area contributed by atoms with Crippen molar-refractivity contribution >= 4 is 35.1 Å². The summed E-state index contributed by atoms with van der Waals surface area (Å²) in [6.45, 7) is 1.84. The Balaban J connectivity index is 2.24. The van der Waals surface area contributed by atoms with Gasteiger partial charge in [0.25, 0.3) is 0 Å². The van der Waals surface area contributed by atoms with E-state index in [-0.39, 0.29) is 18.1 Å². The molecule has 1 amide bonds. The Bertz CT molecular complexity index is 570. The molecule has 0 bridgehead atoms. The largest absolute Gasteiger partial charge is 0.481 e. The summed E-state index contributed by atoms with van der Waals surface area (Å²) in [7, 11) is 0. The van der Waals surface area contributed by atoms with Crippen LogP contribution in [0.25, 0.3) is 0 Å². The molecule has 0 unspecified atom stereocenters. The number of ketones is 1. The van der Waals surface area contributed by atoms with Gasteiger partial charge in [-0.1, -0.05) is 6.07 Å². The number of nitrogens with zero attached hydrogens (tertiary/aromatic N) is 1. The number of carboxylic acids is 1. The first kappa shape index (κ1) is 14.6. The summed E-state index contributed by atoms with van der Waals surface area (Å²) in [6, 6.07) is 5.30. The van der Waals surface area contributed by atoms with Gasteiger partial charge >= 0.3 is 5.97 Å². The number of Topliss-reactive ketones (excluding diaryl/α,β-unsaturated/α-hetero) is 1. The van der Waals surface area contributed by atoms with E-state index in [0.29, 0.717) is 30.0 Å². The summed E-state index contributed by atoms with van der Waals surface area (Å²) in [4.78, 5) is 36.5. The van der Waals surface area contributed by atoms with Gasteiger partial charge in [-0.05, 0) is 25.5 Å². The molecule has 6 heteroatoms. The molecule has 0 fully saturated rings. The number of carbonyl (C=O) groups excluding carboxylic acids is 2. The molecule has 0 radical (unpaired) electrons. The quantitative estimate of drug-likeness (QED) is 0.842. The molecule has 1 aliphatic rings. The lowest BCUT2D eigenvalue weighted by atomic mass is 10.1. The molecule has 0 spiro atoms. The summed E-state index contributed by atoms with van der Waals surface area (Å²) in [5.41, 5.74) is 1.27. The highest BCUT2D eigenvalue weighted by Crippen LogP contribution is 2.36. The summed E-state index contributed by atoms with van der Waals surface area (Å²) in [5, 5.41) is 8.67. The van der Waals surface area contributed by atoms with Crippen LogP contribution in [0.15, 0.2) is 23.1 Å². The Labute approximate surface area is 121 Å². The third kappa shape index (κ3) is 3.19. The molecule has 0 saturated heterocycles. The maximum atomic E-state index is 12.0. The molecule has 0 saturated carbocycles. The smallest absolute Gasteiger partial charge is 0.303 e. The number of fused-ring (bicyclic) bond motifs is 1. The number of hydrogen-bond donors (Lipinski definition) is 1. The average Bonchev–Trinajstić information content (AvgIpc) is 2.40. The lowest BCUT2D eigenvalue weighted by Crippen LogP contribution is -2.36. The van der Waals surface area contributed by atoms with Crippen molar-refractivity contribution in [2.75, 3.05) is 17.2 Å². The lowest BCUT2D eigenvalue weighted by molar-refractivity contribution is -0.137. The molecule has 0 atom stereocenters. The van der Waals surface area contributed by atoms with E-state index in [4.69, 9.17) is 5.11 Å². The van der Waals surface area contributed by atoms with Crippen molar-refractivity contribution in [1.82, 2.24) is 0 Å². The zero-order chi connectivity index (χ0) is 14.7. The van der Waals surface area contributed by atoms with E-state index in [2.05, 4.69) is 0 Å². The van der Waals surface area contributed by atoms with Crippen molar-refractivity contribution in [2.45, 2.75) is 24.7 Å². The van der Waals surface area contributed by atoms with Gasteiger partial charge in [0.1, 0.15) is 0 Å². The van der Waals surface area contributed by atoms with Gasteiger partial charge in [0, 0.05) is 23.4 Å². The highest BCUT2D eigenvalue weighted by Gasteiger charge is 2.25. The van der Waals surface area contributed by atoms with Gasteiger partial charge in [0.05, 0.1) is 11.4 Å². The number of benzene rings is 1. The first-order chi connectivity index (χ1) is 9.49. The number of hydrogen-bond acceptors (Lipinski definition) is 4.